The highest BCUT2D eigenvalue weighted by Crippen LogP contribution is 2.16. The summed E-state index contributed by atoms with van der Waals surface area (Å²) < 4.78 is 0.122. The number of aliphatic hydroxyl groups is 1. The molecular weight excluding hydrogens is 352 g/mol. The van der Waals surface area contributed by atoms with Crippen molar-refractivity contribution in [2.24, 2.45) is 11.8 Å². The van der Waals surface area contributed by atoms with Gasteiger partial charge in [-0.1, -0.05) is 25.8 Å². The number of nitrogens with one attached hydrogen (secondary N) is 1. The summed E-state index contributed by atoms with van der Waals surface area (Å²) in [5.41, 5.74) is 0. The molecule has 8 heteroatoms. The number of rotatable bonds is 15. The largest absolute Gasteiger partial charge is 0.481 e. The maximum Gasteiger partial charge on any atom is 0.311 e. The zero-order chi connectivity index (χ0) is 20.9. The van der Waals surface area contributed by atoms with Gasteiger partial charge in [0.15, 0.2) is 0 Å². The van der Waals surface area contributed by atoms with Gasteiger partial charge in [-0.05, 0) is 26.3 Å². The minimum atomic E-state index is -0.971. The highest BCUT2D eigenvalue weighted by Gasteiger charge is 2.35. The number of hydrogen-bond donors (Lipinski definition) is 4. The Bertz CT molecular complexity index is 484. The molecule has 27 heavy (non-hydrogen) atoms. The molecule has 2 atom stereocenters. The first kappa shape index (κ1) is 25.1. The molecule has 0 rings (SSSR count). The van der Waals surface area contributed by atoms with Crippen LogP contribution >= 0.6 is 0 Å². The van der Waals surface area contributed by atoms with Crippen molar-refractivity contribution < 1.29 is 34.2 Å². The number of unbranched alkanes of at least 4 members (excludes halogenated alkanes) is 2. The lowest BCUT2D eigenvalue weighted by Gasteiger charge is -2.40. The van der Waals surface area contributed by atoms with Crippen LogP contribution in [0, 0.1) is 11.8 Å². The molecule has 1 amide bonds. The Morgan fingerprint density at radius 3 is 2.04 bits per heavy atom. The molecule has 0 aromatic rings. The summed E-state index contributed by atoms with van der Waals surface area (Å²) in [6, 6.07) is 0. The van der Waals surface area contributed by atoms with Crippen LogP contribution < -0.4 is 5.32 Å². The molecule has 0 saturated carbocycles. The second-order valence-electron chi connectivity index (χ2n) is 7.19. The number of quaternary nitrogens is 1. The molecule has 4 N–H and O–H groups in total. The van der Waals surface area contributed by atoms with Crippen molar-refractivity contribution in [1.29, 1.82) is 0 Å². The SMILES string of the molecule is CCCC/C=C/C(=O)NCC[N+](CCO)(CC(C)C(=O)O)CC(C)C(=O)O. The average molecular weight is 387 g/mol. The van der Waals surface area contributed by atoms with E-state index in [1.54, 1.807) is 13.8 Å². The predicted molar refractivity (Wildman–Crippen MR) is 102 cm³/mol. The van der Waals surface area contributed by atoms with Crippen LogP contribution in [0.4, 0.5) is 0 Å². The van der Waals surface area contributed by atoms with Gasteiger partial charge in [-0.15, -0.1) is 0 Å². The second kappa shape index (κ2) is 13.3. The van der Waals surface area contributed by atoms with Crippen molar-refractivity contribution in [2.45, 2.75) is 40.0 Å². The summed E-state index contributed by atoms with van der Waals surface area (Å²) in [5.74, 6) is -3.56. The Hall–Kier alpha value is -1.93. The molecule has 0 aromatic carbocycles. The van der Waals surface area contributed by atoms with E-state index in [1.165, 1.54) is 6.08 Å². The molecule has 0 spiro atoms. The molecule has 8 nitrogen and oxygen atoms in total. The molecule has 0 radical (unpaired) electrons. The Morgan fingerprint density at radius 1 is 1.04 bits per heavy atom. The summed E-state index contributed by atoms with van der Waals surface area (Å²) in [7, 11) is 0. The molecule has 156 valence electrons. The van der Waals surface area contributed by atoms with Crippen molar-refractivity contribution in [3.05, 3.63) is 12.2 Å². The third kappa shape index (κ3) is 10.7. The Balaban J connectivity index is 5.03. The topological polar surface area (TPSA) is 124 Å². The molecule has 0 bridgehead atoms. The van der Waals surface area contributed by atoms with Crippen LogP contribution in [0.5, 0.6) is 0 Å². The van der Waals surface area contributed by atoms with E-state index in [4.69, 9.17) is 0 Å². The molecule has 0 aromatic heterocycles. The van der Waals surface area contributed by atoms with E-state index in [0.29, 0.717) is 6.54 Å². The van der Waals surface area contributed by atoms with Gasteiger partial charge in [-0.3, -0.25) is 14.4 Å². The van der Waals surface area contributed by atoms with Crippen molar-refractivity contribution in [3.63, 3.8) is 0 Å². The van der Waals surface area contributed by atoms with E-state index >= 15 is 0 Å². The number of carbonyl (C=O) groups is 3. The number of aliphatic carboxylic acids is 2. The molecule has 0 saturated heterocycles. The number of amides is 1. The predicted octanol–water partition coefficient (Wildman–Crippen LogP) is 1.10. The molecule has 0 fully saturated rings. The first-order valence-corrected chi connectivity index (χ1v) is 9.53. The van der Waals surface area contributed by atoms with E-state index in [9.17, 15) is 29.7 Å². The standard InChI is InChI=1S/C19H34N2O6/c1-4-5-6-7-8-17(23)20-9-10-21(11-12-22,13-15(2)18(24)25)14-16(3)19(26)27/h7-8,15-16,22H,4-6,9-14H2,1-3H3,(H2-,20,23,24,25,26,27)/p+1/b8-7+. The van der Waals surface area contributed by atoms with Gasteiger partial charge in [0.1, 0.15) is 18.4 Å². The van der Waals surface area contributed by atoms with Crippen LogP contribution in [-0.2, 0) is 14.4 Å². The highest BCUT2D eigenvalue weighted by molar-refractivity contribution is 5.87. The number of aliphatic hydroxyl groups excluding tert-OH is 1. The summed E-state index contributed by atoms with van der Waals surface area (Å²) in [5, 5.41) is 30.7. The van der Waals surface area contributed by atoms with Crippen molar-refractivity contribution in [3.8, 4) is 0 Å². The van der Waals surface area contributed by atoms with E-state index in [0.717, 1.165) is 19.3 Å². The van der Waals surface area contributed by atoms with Gasteiger partial charge in [0.2, 0.25) is 5.91 Å². The molecule has 0 aliphatic rings. The minimum Gasteiger partial charge on any atom is -0.481 e. The van der Waals surface area contributed by atoms with E-state index in [2.05, 4.69) is 12.2 Å². The third-order valence-corrected chi connectivity index (χ3v) is 4.62. The van der Waals surface area contributed by atoms with Crippen LogP contribution in [0.25, 0.3) is 0 Å². The summed E-state index contributed by atoms with van der Waals surface area (Å²) >= 11 is 0. The molecule has 0 aliphatic heterocycles. The lowest BCUT2D eigenvalue weighted by Crippen LogP contribution is -2.58. The van der Waals surface area contributed by atoms with Crippen LogP contribution in [-0.4, -0.2) is 77.0 Å². The molecular formula is C19H35N2O6+. The number of carboxylic acids is 2. The number of hydrogen-bond acceptors (Lipinski definition) is 4. The van der Waals surface area contributed by atoms with Crippen molar-refractivity contribution in [1.82, 2.24) is 5.32 Å². The van der Waals surface area contributed by atoms with Gasteiger partial charge in [-0.2, -0.15) is 0 Å². The monoisotopic (exact) mass is 387 g/mol. The van der Waals surface area contributed by atoms with Gasteiger partial charge in [0, 0.05) is 0 Å². The van der Waals surface area contributed by atoms with Gasteiger partial charge in [0.25, 0.3) is 0 Å². The quantitative estimate of drug-likeness (QED) is 0.189. The van der Waals surface area contributed by atoms with E-state index in [-0.39, 0.29) is 43.2 Å². The fraction of sp³-hybridized carbons (Fsp3) is 0.737. The Kier molecular flexibility index (Phi) is 12.3. The maximum atomic E-state index is 11.9. The number of carboxylic acid groups (broad SMARTS) is 2. The smallest absolute Gasteiger partial charge is 0.311 e. The first-order chi connectivity index (χ1) is 12.7. The highest BCUT2D eigenvalue weighted by atomic mass is 16.4. The zero-order valence-electron chi connectivity index (χ0n) is 16.7. The minimum absolute atomic E-state index is 0.122. The van der Waals surface area contributed by atoms with Gasteiger partial charge in [0.05, 0.1) is 32.8 Å². The number of carbonyl (C=O) groups excluding carboxylic acids is 1. The number of nitrogens with zero attached hydrogens (tertiary/aromatic N) is 1. The second-order valence-corrected chi connectivity index (χ2v) is 7.19. The molecule has 0 heterocycles. The van der Waals surface area contributed by atoms with Crippen molar-refractivity contribution >= 4 is 17.8 Å². The average Bonchev–Trinajstić information content (AvgIpc) is 2.58. The summed E-state index contributed by atoms with van der Waals surface area (Å²) in [4.78, 5) is 34.4. The number of allylic oxidation sites excluding steroid dienone is 1. The van der Waals surface area contributed by atoms with Gasteiger partial charge < -0.3 is 25.1 Å². The Morgan fingerprint density at radius 2 is 1.59 bits per heavy atom. The summed E-state index contributed by atoms with van der Waals surface area (Å²) in [6.45, 7) is 6.25. The van der Waals surface area contributed by atoms with Crippen LogP contribution in [0.15, 0.2) is 12.2 Å². The maximum absolute atomic E-state index is 11.9. The lowest BCUT2D eigenvalue weighted by atomic mass is 10.1. The first-order valence-electron chi connectivity index (χ1n) is 9.53. The Labute approximate surface area is 161 Å². The summed E-state index contributed by atoms with van der Waals surface area (Å²) in [6.07, 6.45) is 6.20. The van der Waals surface area contributed by atoms with Gasteiger partial charge >= 0.3 is 11.9 Å². The van der Waals surface area contributed by atoms with Crippen LogP contribution in [0.2, 0.25) is 0 Å². The molecule has 0 aliphatic carbocycles. The van der Waals surface area contributed by atoms with Crippen LogP contribution in [0.1, 0.15) is 40.0 Å². The van der Waals surface area contributed by atoms with E-state index < -0.39 is 23.8 Å². The fourth-order valence-electron chi connectivity index (χ4n) is 3.07. The lowest BCUT2D eigenvalue weighted by molar-refractivity contribution is -0.931. The van der Waals surface area contributed by atoms with Crippen LogP contribution in [0.3, 0.4) is 0 Å². The molecule has 2 unspecified atom stereocenters. The normalized spacial score (nSPS) is 15.9. The zero-order valence-corrected chi connectivity index (χ0v) is 16.7. The van der Waals surface area contributed by atoms with Crippen molar-refractivity contribution in [2.75, 3.05) is 39.3 Å². The fourth-order valence-corrected chi connectivity index (χ4v) is 3.07. The van der Waals surface area contributed by atoms with E-state index in [1.807, 2.05) is 6.08 Å². The van der Waals surface area contributed by atoms with Gasteiger partial charge in [-0.25, -0.2) is 0 Å². The third-order valence-electron chi connectivity index (χ3n) is 4.62.